The Labute approximate surface area is 90.5 Å². The van der Waals surface area contributed by atoms with E-state index in [1.807, 2.05) is 30.3 Å². The number of nitrogens with two attached hydrogens (primary N) is 1. The average molecular weight is 203 g/mol. The minimum atomic E-state index is 0.0983. The fourth-order valence-corrected chi connectivity index (χ4v) is 1.85. The van der Waals surface area contributed by atoms with Gasteiger partial charge >= 0.3 is 0 Å². The van der Waals surface area contributed by atoms with Crippen LogP contribution in [-0.2, 0) is 11.2 Å². The minimum absolute atomic E-state index is 0.0983. The predicted octanol–water partition coefficient (Wildman–Crippen LogP) is 1.93. The van der Waals surface area contributed by atoms with Crippen molar-refractivity contribution in [3.8, 4) is 0 Å². The molecule has 2 N–H and O–H groups in total. The van der Waals surface area contributed by atoms with E-state index in [-0.39, 0.29) is 11.8 Å². The van der Waals surface area contributed by atoms with Gasteiger partial charge in [-0.05, 0) is 24.3 Å². The summed E-state index contributed by atoms with van der Waals surface area (Å²) in [6.07, 6.45) is 3.49. The molecule has 0 bridgehead atoms. The van der Waals surface area contributed by atoms with Crippen molar-refractivity contribution >= 4 is 5.78 Å². The molecule has 1 aliphatic carbocycles. The first-order chi connectivity index (χ1) is 7.25. The van der Waals surface area contributed by atoms with Gasteiger partial charge in [-0.3, -0.25) is 4.79 Å². The van der Waals surface area contributed by atoms with Crippen LogP contribution < -0.4 is 5.73 Å². The van der Waals surface area contributed by atoms with Crippen LogP contribution in [0.3, 0.4) is 0 Å². The minimum Gasteiger partial charge on any atom is -0.327 e. The average Bonchev–Trinajstić information content (AvgIpc) is 3.01. The number of hydrogen-bond acceptors (Lipinski definition) is 2. The molecule has 2 heteroatoms. The Morgan fingerprint density at radius 1 is 1.33 bits per heavy atom. The van der Waals surface area contributed by atoms with Crippen molar-refractivity contribution in [2.75, 3.05) is 0 Å². The third kappa shape index (κ3) is 3.17. The standard InChI is InChI=1S/C13H17NO/c14-13(11-6-7-11)9-12(15)8-10-4-2-1-3-5-10/h1-5,11,13H,6-9,14H2. The van der Waals surface area contributed by atoms with Crippen molar-refractivity contribution in [2.24, 2.45) is 11.7 Å². The lowest BCUT2D eigenvalue weighted by molar-refractivity contribution is -0.118. The van der Waals surface area contributed by atoms with Gasteiger partial charge in [-0.2, -0.15) is 0 Å². The maximum absolute atomic E-state index is 11.7. The van der Waals surface area contributed by atoms with Crippen LogP contribution in [0.4, 0.5) is 0 Å². The number of Topliss-reactive ketones (excluding diaryl/α,β-unsaturated/α-hetero) is 1. The van der Waals surface area contributed by atoms with Gasteiger partial charge in [0.15, 0.2) is 0 Å². The summed E-state index contributed by atoms with van der Waals surface area (Å²) in [6.45, 7) is 0. The van der Waals surface area contributed by atoms with Gasteiger partial charge in [0.05, 0.1) is 0 Å². The van der Waals surface area contributed by atoms with Crippen molar-refractivity contribution in [1.82, 2.24) is 0 Å². The molecule has 1 aromatic carbocycles. The summed E-state index contributed by atoms with van der Waals surface area (Å²) in [5, 5.41) is 0. The molecule has 1 unspecified atom stereocenters. The third-order valence-electron chi connectivity index (χ3n) is 2.93. The SMILES string of the molecule is NC(CC(=O)Cc1ccccc1)C1CC1. The molecular formula is C13H17NO. The van der Waals surface area contributed by atoms with Gasteiger partial charge in [0.25, 0.3) is 0 Å². The lowest BCUT2D eigenvalue weighted by Gasteiger charge is -2.08. The van der Waals surface area contributed by atoms with Crippen molar-refractivity contribution in [3.63, 3.8) is 0 Å². The first kappa shape index (κ1) is 10.4. The molecule has 0 heterocycles. The van der Waals surface area contributed by atoms with E-state index < -0.39 is 0 Å². The highest BCUT2D eigenvalue weighted by atomic mass is 16.1. The van der Waals surface area contributed by atoms with E-state index in [0.29, 0.717) is 18.8 Å². The molecular weight excluding hydrogens is 186 g/mol. The molecule has 0 aliphatic heterocycles. The van der Waals surface area contributed by atoms with E-state index >= 15 is 0 Å². The highest BCUT2D eigenvalue weighted by Crippen LogP contribution is 2.32. The first-order valence-electron chi connectivity index (χ1n) is 5.57. The Bertz CT molecular complexity index is 330. The smallest absolute Gasteiger partial charge is 0.138 e. The van der Waals surface area contributed by atoms with Crippen LogP contribution >= 0.6 is 0 Å². The van der Waals surface area contributed by atoms with Crippen LogP contribution in [0.1, 0.15) is 24.8 Å². The van der Waals surface area contributed by atoms with Crippen LogP contribution in [0.25, 0.3) is 0 Å². The molecule has 0 saturated heterocycles. The fraction of sp³-hybridized carbons (Fsp3) is 0.462. The second kappa shape index (κ2) is 4.58. The number of hydrogen-bond donors (Lipinski definition) is 1. The summed E-state index contributed by atoms with van der Waals surface area (Å²) in [5.74, 6) is 0.880. The zero-order chi connectivity index (χ0) is 10.7. The summed E-state index contributed by atoms with van der Waals surface area (Å²) >= 11 is 0. The van der Waals surface area contributed by atoms with Crippen LogP contribution in [0.15, 0.2) is 30.3 Å². The van der Waals surface area contributed by atoms with Gasteiger partial charge in [0, 0.05) is 18.9 Å². The number of benzene rings is 1. The zero-order valence-electron chi connectivity index (χ0n) is 8.86. The van der Waals surface area contributed by atoms with Gasteiger partial charge in [0.2, 0.25) is 0 Å². The summed E-state index contributed by atoms with van der Waals surface area (Å²) in [5.41, 5.74) is 7.00. The van der Waals surface area contributed by atoms with E-state index in [1.54, 1.807) is 0 Å². The van der Waals surface area contributed by atoms with E-state index in [4.69, 9.17) is 5.73 Å². The maximum atomic E-state index is 11.7. The van der Waals surface area contributed by atoms with Gasteiger partial charge < -0.3 is 5.73 Å². The van der Waals surface area contributed by atoms with Gasteiger partial charge in [-0.25, -0.2) is 0 Å². The van der Waals surface area contributed by atoms with Crippen LogP contribution in [0, 0.1) is 5.92 Å². The third-order valence-corrected chi connectivity index (χ3v) is 2.93. The summed E-state index contributed by atoms with van der Waals surface area (Å²) in [6, 6.07) is 9.96. The van der Waals surface area contributed by atoms with Crippen molar-refractivity contribution in [2.45, 2.75) is 31.7 Å². The van der Waals surface area contributed by atoms with Crippen molar-refractivity contribution in [1.29, 1.82) is 0 Å². The largest absolute Gasteiger partial charge is 0.327 e. The van der Waals surface area contributed by atoms with E-state index in [0.717, 1.165) is 5.56 Å². The molecule has 1 saturated carbocycles. The van der Waals surface area contributed by atoms with Gasteiger partial charge in [-0.1, -0.05) is 30.3 Å². The molecule has 1 aliphatic rings. The number of carbonyl (C=O) groups is 1. The highest BCUT2D eigenvalue weighted by Gasteiger charge is 2.29. The molecule has 1 fully saturated rings. The molecule has 0 aromatic heterocycles. The number of rotatable bonds is 5. The number of carbonyl (C=O) groups excluding carboxylic acids is 1. The second-order valence-electron chi connectivity index (χ2n) is 4.41. The monoisotopic (exact) mass is 203 g/mol. The quantitative estimate of drug-likeness (QED) is 0.794. The molecule has 1 atom stereocenters. The van der Waals surface area contributed by atoms with E-state index in [9.17, 15) is 4.79 Å². The predicted molar refractivity (Wildman–Crippen MR) is 60.5 cm³/mol. The summed E-state index contributed by atoms with van der Waals surface area (Å²) in [7, 11) is 0. The van der Waals surface area contributed by atoms with Crippen molar-refractivity contribution in [3.05, 3.63) is 35.9 Å². The van der Waals surface area contributed by atoms with Gasteiger partial charge in [0.1, 0.15) is 5.78 Å². The van der Waals surface area contributed by atoms with Crippen LogP contribution in [-0.4, -0.2) is 11.8 Å². The molecule has 0 spiro atoms. The second-order valence-corrected chi connectivity index (χ2v) is 4.41. The maximum Gasteiger partial charge on any atom is 0.138 e. The van der Waals surface area contributed by atoms with Crippen LogP contribution in [0.2, 0.25) is 0 Å². The molecule has 2 rings (SSSR count). The zero-order valence-corrected chi connectivity index (χ0v) is 8.86. The Balaban J connectivity index is 1.81. The number of ketones is 1. The molecule has 0 radical (unpaired) electrons. The summed E-state index contributed by atoms with van der Waals surface area (Å²) < 4.78 is 0. The summed E-state index contributed by atoms with van der Waals surface area (Å²) in [4.78, 5) is 11.7. The fourth-order valence-electron chi connectivity index (χ4n) is 1.85. The van der Waals surface area contributed by atoms with E-state index in [2.05, 4.69) is 0 Å². The van der Waals surface area contributed by atoms with Gasteiger partial charge in [-0.15, -0.1) is 0 Å². The molecule has 15 heavy (non-hydrogen) atoms. The lowest BCUT2D eigenvalue weighted by atomic mass is 10.0. The molecule has 0 amide bonds. The Hall–Kier alpha value is -1.15. The van der Waals surface area contributed by atoms with Crippen LogP contribution in [0.5, 0.6) is 0 Å². The molecule has 2 nitrogen and oxygen atoms in total. The Morgan fingerprint density at radius 2 is 2.00 bits per heavy atom. The molecule has 80 valence electrons. The van der Waals surface area contributed by atoms with Crippen molar-refractivity contribution < 1.29 is 4.79 Å². The Kier molecular flexibility index (Phi) is 3.17. The molecule has 1 aromatic rings. The van der Waals surface area contributed by atoms with E-state index in [1.165, 1.54) is 12.8 Å². The Morgan fingerprint density at radius 3 is 2.60 bits per heavy atom. The topological polar surface area (TPSA) is 43.1 Å². The first-order valence-corrected chi connectivity index (χ1v) is 5.57. The normalized spacial score (nSPS) is 17.4. The lowest BCUT2D eigenvalue weighted by Crippen LogP contribution is -2.26. The highest BCUT2D eigenvalue weighted by molar-refractivity contribution is 5.81.